The summed E-state index contributed by atoms with van der Waals surface area (Å²) in [5.74, 6) is 0.197. The van der Waals surface area contributed by atoms with Crippen LogP contribution >= 0.6 is 0 Å². The molecule has 0 bridgehead atoms. The molecule has 27 heavy (non-hydrogen) atoms. The van der Waals surface area contributed by atoms with Crippen LogP contribution in [-0.4, -0.2) is 34.2 Å². The Morgan fingerprint density at radius 3 is 2.30 bits per heavy atom. The van der Waals surface area contributed by atoms with E-state index in [9.17, 15) is 13.2 Å². The van der Waals surface area contributed by atoms with Crippen LogP contribution in [0.1, 0.15) is 23.1 Å². The van der Waals surface area contributed by atoms with Gasteiger partial charge in [-0.15, -0.1) is 0 Å². The predicted molar refractivity (Wildman–Crippen MR) is 109 cm³/mol. The highest BCUT2D eigenvalue weighted by Crippen LogP contribution is 2.31. The Kier molecular flexibility index (Phi) is 6.49. The number of hydrogen-bond donors (Lipinski definition) is 1. The first-order valence-electron chi connectivity index (χ1n) is 8.61. The average molecular weight is 391 g/mol. The van der Waals surface area contributed by atoms with E-state index in [1.54, 1.807) is 12.1 Å². The van der Waals surface area contributed by atoms with Crippen molar-refractivity contribution in [3.05, 3.63) is 53.1 Å². The normalized spacial score (nSPS) is 11.1. The first kappa shape index (κ1) is 20.8. The summed E-state index contributed by atoms with van der Waals surface area (Å²) in [5, 5.41) is 2.84. The number of benzene rings is 2. The molecule has 7 heteroatoms. The Morgan fingerprint density at radius 1 is 1.07 bits per heavy atom. The molecule has 0 radical (unpaired) electrons. The maximum absolute atomic E-state index is 12.4. The average Bonchev–Trinajstić information content (AvgIpc) is 2.56. The summed E-state index contributed by atoms with van der Waals surface area (Å²) >= 11 is 0. The van der Waals surface area contributed by atoms with Gasteiger partial charge in [0, 0.05) is 18.7 Å². The third-order valence-corrected chi connectivity index (χ3v) is 5.38. The van der Waals surface area contributed by atoms with E-state index in [0.29, 0.717) is 11.4 Å². The molecule has 0 aliphatic rings. The first-order valence-corrected chi connectivity index (χ1v) is 10.5. The molecule has 0 aromatic heterocycles. The molecule has 0 aliphatic carbocycles. The second kappa shape index (κ2) is 8.43. The lowest BCUT2D eigenvalue weighted by molar-refractivity contribution is -0.116. The van der Waals surface area contributed by atoms with Crippen LogP contribution in [0.4, 0.5) is 11.4 Å². The number of nitrogens with one attached hydrogen (secondary N) is 1. The highest BCUT2D eigenvalue weighted by molar-refractivity contribution is 7.92. The van der Waals surface area contributed by atoms with Crippen LogP contribution in [0.3, 0.4) is 0 Å². The molecule has 0 fully saturated rings. The number of rotatable bonds is 7. The summed E-state index contributed by atoms with van der Waals surface area (Å²) in [5.41, 5.74) is 4.13. The van der Waals surface area contributed by atoms with E-state index in [1.165, 1.54) is 11.4 Å². The zero-order valence-corrected chi connectivity index (χ0v) is 17.2. The number of carbonyl (C=O) groups is 1. The molecule has 146 valence electrons. The smallest absolute Gasteiger partial charge is 0.232 e. The highest BCUT2D eigenvalue weighted by Gasteiger charge is 2.22. The fourth-order valence-corrected chi connectivity index (χ4v) is 3.75. The van der Waals surface area contributed by atoms with Gasteiger partial charge >= 0.3 is 0 Å². The van der Waals surface area contributed by atoms with Crippen molar-refractivity contribution in [3.63, 3.8) is 0 Å². The van der Waals surface area contributed by atoms with Gasteiger partial charge in [-0.3, -0.25) is 9.10 Å². The molecule has 0 atom stereocenters. The lowest BCUT2D eigenvalue weighted by Gasteiger charge is -2.24. The standard InChI is InChI=1S/C20H26N2O4S/c1-14-6-8-17(16(3)12-14)21-20(23)10-11-22(27(5,24)25)18-13-15(2)7-9-19(18)26-4/h6-9,12-13H,10-11H2,1-5H3,(H,21,23). The topological polar surface area (TPSA) is 75.7 Å². The van der Waals surface area contributed by atoms with Gasteiger partial charge in [-0.25, -0.2) is 8.42 Å². The fourth-order valence-electron chi connectivity index (χ4n) is 2.83. The lowest BCUT2D eigenvalue weighted by Crippen LogP contribution is -2.33. The van der Waals surface area contributed by atoms with Crippen molar-refractivity contribution >= 4 is 27.3 Å². The van der Waals surface area contributed by atoms with Gasteiger partial charge in [0.05, 0.1) is 19.1 Å². The van der Waals surface area contributed by atoms with Crippen LogP contribution in [-0.2, 0) is 14.8 Å². The highest BCUT2D eigenvalue weighted by atomic mass is 32.2. The molecule has 0 aliphatic heterocycles. The van der Waals surface area contributed by atoms with Crippen LogP contribution in [0.25, 0.3) is 0 Å². The van der Waals surface area contributed by atoms with Gasteiger partial charge in [0.15, 0.2) is 0 Å². The minimum Gasteiger partial charge on any atom is -0.495 e. The largest absolute Gasteiger partial charge is 0.495 e. The lowest BCUT2D eigenvalue weighted by atomic mass is 10.1. The van der Waals surface area contributed by atoms with Crippen molar-refractivity contribution in [1.82, 2.24) is 0 Å². The molecule has 2 aromatic rings. The SMILES string of the molecule is COc1ccc(C)cc1N(CCC(=O)Nc1ccc(C)cc1C)S(C)(=O)=O. The van der Waals surface area contributed by atoms with Gasteiger partial charge in [0.25, 0.3) is 0 Å². The summed E-state index contributed by atoms with van der Waals surface area (Å²) in [4.78, 5) is 12.4. The molecule has 0 saturated carbocycles. The van der Waals surface area contributed by atoms with Crippen molar-refractivity contribution in [2.45, 2.75) is 27.2 Å². The van der Waals surface area contributed by atoms with Crippen LogP contribution in [0.2, 0.25) is 0 Å². The van der Waals surface area contributed by atoms with Crippen molar-refractivity contribution in [1.29, 1.82) is 0 Å². The summed E-state index contributed by atoms with van der Waals surface area (Å²) in [6, 6.07) is 11.1. The number of methoxy groups -OCH3 is 1. The van der Waals surface area contributed by atoms with Crippen molar-refractivity contribution in [2.75, 3.05) is 29.5 Å². The van der Waals surface area contributed by atoms with E-state index in [2.05, 4.69) is 5.32 Å². The van der Waals surface area contributed by atoms with E-state index in [4.69, 9.17) is 4.74 Å². The third kappa shape index (κ3) is 5.47. The Hall–Kier alpha value is -2.54. The Morgan fingerprint density at radius 2 is 1.70 bits per heavy atom. The molecule has 0 saturated heterocycles. The monoisotopic (exact) mass is 390 g/mol. The van der Waals surface area contributed by atoms with E-state index in [1.807, 2.05) is 45.0 Å². The summed E-state index contributed by atoms with van der Waals surface area (Å²) in [6.45, 7) is 5.80. The fraction of sp³-hybridized carbons (Fsp3) is 0.350. The molecule has 1 N–H and O–H groups in total. The molecular formula is C20H26N2O4S. The minimum absolute atomic E-state index is 0.0232. The van der Waals surface area contributed by atoms with Gasteiger partial charge in [-0.2, -0.15) is 0 Å². The molecule has 0 spiro atoms. The Balaban J connectivity index is 2.18. The van der Waals surface area contributed by atoms with Gasteiger partial charge in [0.2, 0.25) is 15.9 Å². The van der Waals surface area contributed by atoms with Crippen LogP contribution in [0.5, 0.6) is 5.75 Å². The number of hydrogen-bond acceptors (Lipinski definition) is 4. The van der Waals surface area contributed by atoms with Crippen molar-refractivity contribution < 1.29 is 17.9 Å². The minimum atomic E-state index is -3.58. The molecule has 6 nitrogen and oxygen atoms in total. The summed E-state index contributed by atoms with van der Waals surface area (Å²) in [7, 11) is -2.09. The zero-order valence-electron chi connectivity index (χ0n) is 16.4. The molecule has 1 amide bonds. The van der Waals surface area contributed by atoms with E-state index >= 15 is 0 Å². The molecule has 2 rings (SSSR count). The van der Waals surface area contributed by atoms with Gasteiger partial charge < -0.3 is 10.1 Å². The number of carbonyl (C=O) groups excluding carboxylic acids is 1. The Bertz CT molecular complexity index is 939. The second-order valence-electron chi connectivity index (χ2n) is 6.63. The zero-order chi connectivity index (χ0) is 20.2. The van der Waals surface area contributed by atoms with Gasteiger partial charge in [-0.1, -0.05) is 23.8 Å². The second-order valence-corrected chi connectivity index (χ2v) is 8.53. The number of sulfonamides is 1. The number of nitrogens with zero attached hydrogens (tertiary/aromatic N) is 1. The van der Waals surface area contributed by atoms with Crippen LogP contribution in [0, 0.1) is 20.8 Å². The molecular weight excluding hydrogens is 364 g/mol. The van der Waals surface area contributed by atoms with Crippen molar-refractivity contribution in [3.8, 4) is 5.75 Å². The summed E-state index contributed by atoms with van der Waals surface area (Å²) < 4.78 is 31.1. The van der Waals surface area contributed by atoms with E-state index in [0.717, 1.165) is 28.6 Å². The third-order valence-electron chi connectivity index (χ3n) is 4.20. The molecule has 2 aromatic carbocycles. The number of amides is 1. The molecule has 0 heterocycles. The van der Waals surface area contributed by atoms with Crippen molar-refractivity contribution in [2.24, 2.45) is 0 Å². The van der Waals surface area contributed by atoms with Gasteiger partial charge in [-0.05, 0) is 50.1 Å². The van der Waals surface area contributed by atoms with E-state index in [-0.39, 0.29) is 18.9 Å². The van der Waals surface area contributed by atoms with Crippen LogP contribution < -0.4 is 14.4 Å². The number of anilines is 2. The van der Waals surface area contributed by atoms with E-state index < -0.39 is 10.0 Å². The number of ether oxygens (including phenoxy) is 1. The van der Waals surface area contributed by atoms with Gasteiger partial charge in [0.1, 0.15) is 5.75 Å². The van der Waals surface area contributed by atoms with Crippen LogP contribution in [0.15, 0.2) is 36.4 Å². The first-order chi connectivity index (χ1) is 12.6. The quantitative estimate of drug-likeness (QED) is 0.786. The summed E-state index contributed by atoms with van der Waals surface area (Å²) in [6.07, 6.45) is 1.15. The predicted octanol–water partition coefficient (Wildman–Crippen LogP) is 3.42. The Labute approximate surface area is 161 Å². The maximum atomic E-state index is 12.4. The maximum Gasteiger partial charge on any atom is 0.232 e. The molecule has 0 unspecified atom stereocenters. The number of aryl methyl sites for hydroxylation is 3.